The van der Waals surface area contributed by atoms with E-state index in [1.807, 2.05) is 24.3 Å². The Labute approximate surface area is 68.4 Å². The molecule has 0 fully saturated rings. The van der Waals surface area contributed by atoms with Gasteiger partial charge in [-0.15, -0.1) is 0 Å². The molecule has 1 nitrogen and oxygen atoms in total. The number of para-hydroxylation sites is 1. The van der Waals surface area contributed by atoms with E-state index in [9.17, 15) is 0 Å². The van der Waals surface area contributed by atoms with Gasteiger partial charge in [-0.25, -0.2) is 0 Å². The van der Waals surface area contributed by atoms with Gasteiger partial charge in [0.1, 0.15) is 0 Å². The van der Waals surface area contributed by atoms with Crippen molar-refractivity contribution in [2.75, 3.05) is 5.32 Å². The summed E-state index contributed by atoms with van der Waals surface area (Å²) in [4.78, 5) is 0. The fourth-order valence-corrected chi connectivity index (χ4v) is 0.851. The number of hydrogen-bond acceptors (Lipinski definition) is 1. The zero-order valence-electron chi connectivity index (χ0n) is 7.09. The van der Waals surface area contributed by atoms with E-state index in [1.165, 1.54) is 0 Å². The van der Waals surface area contributed by atoms with Crippen LogP contribution in [-0.4, -0.2) is 6.04 Å². The maximum atomic E-state index is 3.34. The van der Waals surface area contributed by atoms with Crippen molar-refractivity contribution in [2.45, 2.75) is 26.3 Å². The monoisotopic (exact) mass is 148 g/mol. The van der Waals surface area contributed by atoms with Crippen molar-refractivity contribution >= 4 is 5.69 Å². The second-order valence-corrected chi connectivity index (χ2v) is 2.73. The van der Waals surface area contributed by atoms with E-state index in [4.69, 9.17) is 0 Å². The zero-order chi connectivity index (χ0) is 8.10. The molecule has 0 spiro atoms. The summed E-state index contributed by atoms with van der Waals surface area (Å²) < 4.78 is 0. The minimum atomic E-state index is 0.536. The van der Waals surface area contributed by atoms with Gasteiger partial charge in [0.2, 0.25) is 0 Å². The summed E-state index contributed by atoms with van der Waals surface area (Å²) in [7, 11) is 0. The van der Waals surface area contributed by atoms with Crippen molar-refractivity contribution in [3.8, 4) is 0 Å². The summed E-state index contributed by atoms with van der Waals surface area (Å²) in [6, 6.07) is 11.6. The molecule has 1 unspecified atom stereocenters. The van der Waals surface area contributed by atoms with Crippen LogP contribution in [0.2, 0.25) is 0 Å². The van der Waals surface area contributed by atoms with Gasteiger partial charge in [0.15, 0.2) is 0 Å². The Balaban J connectivity index is 2.51. The van der Waals surface area contributed by atoms with Gasteiger partial charge in [0.05, 0.1) is 0 Å². The van der Waals surface area contributed by atoms with E-state index in [-0.39, 0.29) is 0 Å². The van der Waals surface area contributed by atoms with Gasteiger partial charge in [-0.05, 0) is 19.4 Å². The van der Waals surface area contributed by atoms with Gasteiger partial charge in [-0.1, -0.05) is 25.1 Å². The molecule has 0 aliphatic rings. The lowest BCUT2D eigenvalue weighted by molar-refractivity contribution is 0.764. The molecule has 1 heteroatoms. The van der Waals surface area contributed by atoms with Crippen LogP contribution in [0.3, 0.4) is 0 Å². The highest BCUT2D eigenvalue weighted by atomic mass is 14.9. The second kappa shape index (κ2) is 4.02. The molecule has 0 aliphatic heterocycles. The fourth-order valence-electron chi connectivity index (χ4n) is 0.851. The first-order valence-corrected chi connectivity index (χ1v) is 4.06. The molecule has 11 heavy (non-hydrogen) atoms. The van der Waals surface area contributed by atoms with E-state index >= 15 is 0 Å². The van der Waals surface area contributed by atoms with Crippen LogP contribution in [0.4, 0.5) is 5.69 Å². The molecule has 0 amide bonds. The topological polar surface area (TPSA) is 12.0 Å². The molecule has 0 heterocycles. The summed E-state index contributed by atoms with van der Waals surface area (Å²) in [6.45, 7) is 4.33. The largest absolute Gasteiger partial charge is 0.382 e. The van der Waals surface area contributed by atoms with E-state index in [1.54, 1.807) is 0 Å². The van der Waals surface area contributed by atoms with Crippen LogP contribution in [0, 0.1) is 6.07 Å². The van der Waals surface area contributed by atoms with E-state index in [0.717, 1.165) is 12.1 Å². The normalized spacial score (nSPS) is 12.5. The molecular formula is C10H14N. The highest BCUT2D eigenvalue weighted by molar-refractivity contribution is 5.41. The average Bonchev–Trinajstić information content (AvgIpc) is 2.06. The third-order valence-electron chi connectivity index (χ3n) is 1.72. The summed E-state index contributed by atoms with van der Waals surface area (Å²) in [5.41, 5.74) is 1.09. The van der Waals surface area contributed by atoms with Gasteiger partial charge in [0, 0.05) is 17.8 Å². The maximum Gasteiger partial charge on any atom is 0.0422 e. The van der Waals surface area contributed by atoms with Crippen LogP contribution < -0.4 is 5.32 Å². The molecule has 0 bridgehead atoms. The quantitative estimate of drug-likeness (QED) is 0.695. The Bertz CT molecular complexity index is 193. The maximum absolute atomic E-state index is 3.34. The molecule has 0 aromatic heterocycles. The predicted octanol–water partition coefficient (Wildman–Crippen LogP) is 2.70. The first-order valence-electron chi connectivity index (χ1n) is 4.06. The number of rotatable bonds is 3. The summed E-state index contributed by atoms with van der Waals surface area (Å²) in [6.07, 6.45) is 1.14. The molecule has 1 N–H and O–H groups in total. The molecule has 1 radical (unpaired) electrons. The van der Waals surface area contributed by atoms with Crippen molar-refractivity contribution in [1.82, 2.24) is 0 Å². The van der Waals surface area contributed by atoms with Crippen LogP contribution >= 0.6 is 0 Å². The number of nitrogens with one attached hydrogen (secondary N) is 1. The Hall–Kier alpha value is -0.980. The van der Waals surface area contributed by atoms with E-state index in [2.05, 4.69) is 25.2 Å². The first-order chi connectivity index (χ1) is 5.33. The van der Waals surface area contributed by atoms with Crippen molar-refractivity contribution in [1.29, 1.82) is 0 Å². The SMILES string of the molecule is CCC(C)Nc1[c]cccc1. The number of benzene rings is 1. The van der Waals surface area contributed by atoms with Gasteiger partial charge in [0.25, 0.3) is 0 Å². The molecular weight excluding hydrogens is 134 g/mol. The zero-order valence-corrected chi connectivity index (χ0v) is 7.09. The van der Waals surface area contributed by atoms with Gasteiger partial charge >= 0.3 is 0 Å². The van der Waals surface area contributed by atoms with Crippen molar-refractivity contribution in [3.05, 3.63) is 30.3 Å². The molecule has 1 aromatic carbocycles. The molecule has 59 valence electrons. The predicted molar refractivity (Wildman–Crippen MR) is 48.7 cm³/mol. The van der Waals surface area contributed by atoms with Crippen LogP contribution in [0.5, 0.6) is 0 Å². The highest BCUT2D eigenvalue weighted by Crippen LogP contribution is 2.06. The standard InChI is InChI=1S/C10H14N/c1-3-9(2)11-10-7-5-4-6-8-10/h4-7,9,11H,3H2,1-2H3. The van der Waals surface area contributed by atoms with Gasteiger partial charge in [-0.3, -0.25) is 0 Å². The molecule has 1 aromatic rings. The number of hydrogen-bond donors (Lipinski definition) is 1. The van der Waals surface area contributed by atoms with Crippen LogP contribution in [-0.2, 0) is 0 Å². The summed E-state index contributed by atoms with van der Waals surface area (Å²) in [5, 5.41) is 3.34. The summed E-state index contributed by atoms with van der Waals surface area (Å²) >= 11 is 0. The number of anilines is 1. The van der Waals surface area contributed by atoms with Crippen LogP contribution in [0.1, 0.15) is 20.3 Å². The lowest BCUT2D eigenvalue weighted by Crippen LogP contribution is -2.12. The highest BCUT2D eigenvalue weighted by Gasteiger charge is 1.95. The third kappa shape index (κ3) is 2.62. The Morgan fingerprint density at radius 2 is 2.36 bits per heavy atom. The van der Waals surface area contributed by atoms with Crippen LogP contribution in [0.25, 0.3) is 0 Å². The third-order valence-corrected chi connectivity index (χ3v) is 1.72. The minimum Gasteiger partial charge on any atom is -0.382 e. The molecule has 0 aliphatic carbocycles. The lowest BCUT2D eigenvalue weighted by atomic mass is 10.2. The van der Waals surface area contributed by atoms with Gasteiger partial charge < -0.3 is 5.32 Å². The molecule has 1 atom stereocenters. The van der Waals surface area contributed by atoms with Crippen molar-refractivity contribution in [3.63, 3.8) is 0 Å². The van der Waals surface area contributed by atoms with E-state index < -0.39 is 0 Å². The minimum absolute atomic E-state index is 0.536. The lowest BCUT2D eigenvalue weighted by Gasteiger charge is -2.11. The molecule has 1 rings (SSSR count). The van der Waals surface area contributed by atoms with E-state index in [0.29, 0.717) is 6.04 Å². The Kier molecular flexibility index (Phi) is 2.96. The van der Waals surface area contributed by atoms with Gasteiger partial charge in [-0.2, -0.15) is 0 Å². The second-order valence-electron chi connectivity index (χ2n) is 2.73. The Morgan fingerprint density at radius 3 is 2.91 bits per heavy atom. The average molecular weight is 148 g/mol. The first kappa shape index (κ1) is 8.12. The van der Waals surface area contributed by atoms with Crippen LogP contribution in [0.15, 0.2) is 24.3 Å². The van der Waals surface area contributed by atoms with Crippen molar-refractivity contribution in [2.24, 2.45) is 0 Å². The van der Waals surface area contributed by atoms with Crippen molar-refractivity contribution < 1.29 is 0 Å². The summed E-state index contributed by atoms with van der Waals surface area (Å²) in [5.74, 6) is 0. The fraction of sp³-hybridized carbons (Fsp3) is 0.400. The Morgan fingerprint density at radius 1 is 1.55 bits per heavy atom. The molecule has 0 saturated carbocycles. The molecule has 0 saturated heterocycles. The smallest absolute Gasteiger partial charge is 0.0422 e.